The summed E-state index contributed by atoms with van der Waals surface area (Å²) in [6.45, 7) is 2.15. The van der Waals surface area contributed by atoms with Crippen molar-refractivity contribution in [3.05, 3.63) is 47.2 Å². The van der Waals surface area contributed by atoms with Crippen molar-refractivity contribution in [3.8, 4) is 0 Å². The monoisotopic (exact) mass is 603 g/mol. The lowest BCUT2D eigenvalue weighted by Crippen LogP contribution is -2.41. The van der Waals surface area contributed by atoms with Crippen LogP contribution in [-0.4, -0.2) is 91.6 Å². The molecule has 10 nitrogen and oxygen atoms in total. The van der Waals surface area contributed by atoms with Gasteiger partial charge in [0.25, 0.3) is 5.91 Å². The Hall–Kier alpha value is -2.83. The highest BCUT2D eigenvalue weighted by Crippen LogP contribution is 2.27. The van der Waals surface area contributed by atoms with E-state index >= 15 is 0 Å². The second-order valence-electron chi connectivity index (χ2n) is 9.83. The Kier molecular flexibility index (Phi) is 9.16. The number of aliphatic imine (C=N–C) groups is 1. The number of carbonyl (C=O) groups is 1. The van der Waals surface area contributed by atoms with Gasteiger partial charge in [-0.25, -0.2) is 18.4 Å². The lowest BCUT2D eigenvalue weighted by atomic mass is 10.0. The van der Waals surface area contributed by atoms with E-state index in [0.29, 0.717) is 40.8 Å². The van der Waals surface area contributed by atoms with Crippen LogP contribution in [0.5, 0.6) is 0 Å². The first-order valence-corrected chi connectivity index (χ1v) is 15.5. The Morgan fingerprint density at radius 1 is 1.18 bits per heavy atom. The third kappa shape index (κ3) is 7.61. The van der Waals surface area contributed by atoms with E-state index in [9.17, 15) is 13.2 Å². The number of piperidine rings is 1. The molecule has 1 aromatic heterocycles. The molecule has 0 unspecified atom stereocenters. The predicted molar refractivity (Wildman–Crippen MR) is 155 cm³/mol. The maximum absolute atomic E-state index is 13.0. The van der Waals surface area contributed by atoms with E-state index in [1.54, 1.807) is 12.4 Å². The molecule has 2 aromatic rings. The summed E-state index contributed by atoms with van der Waals surface area (Å²) in [7, 11) is 1.09. The number of benzene rings is 1. The number of nitrogens with one attached hydrogen (secondary N) is 1. The number of halogens is 1. The number of nitrogens with zero attached hydrogens (tertiary/aromatic N) is 6. The molecule has 1 N–H and O–H groups in total. The van der Waals surface area contributed by atoms with Crippen LogP contribution in [0.25, 0.3) is 0 Å². The van der Waals surface area contributed by atoms with Gasteiger partial charge >= 0.3 is 0 Å². The smallest absolute Gasteiger partial charge is 0.272 e. The normalized spacial score (nSPS) is 18.3. The summed E-state index contributed by atoms with van der Waals surface area (Å²) < 4.78 is 23.7. The first-order chi connectivity index (χ1) is 18.1. The molecule has 204 valence electrons. The highest BCUT2D eigenvalue weighted by Gasteiger charge is 2.23. The van der Waals surface area contributed by atoms with Crippen molar-refractivity contribution in [2.24, 2.45) is 4.99 Å². The Morgan fingerprint density at radius 3 is 2.55 bits per heavy atom. The highest BCUT2D eigenvalue weighted by atomic mass is 79.9. The topological polar surface area (TPSA) is 111 Å². The average Bonchev–Trinajstić information content (AvgIpc) is 3.06. The summed E-state index contributed by atoms with van der Waals surface area (Å²) in [6.07, 6.45) is 9.58. The van der Waals surface area contributed by atoms with Gasteiger partial charge in [-0.3, -0.25) is 4.79 Å². The van der Waals surface area contributed by atoms with Crippen molar-refractivity contribution in [3.63, 3.8) is 0 Å². The van der Waals surface area contributed by atoms with Gasteiger partial charge in [0, 0.05) is 55.7 Å². The minimum absolute atomic E-state index is 0.0780. The molecule has 1 amide bonds. The number of hydrogen-bond donors (Lipinski definition) is 1. The Labute approximate surface area is 232 Å². The molecule has 4 rings (SSSR count). The largest absolute Gasteiger partial charge is 0.371 e. The van der Waals surface area contributed by atoms with E-state index in [-0.39, 0.29) is 18.2 Å². The zero-order valence-corrected chi connectivity index (χ0v) is 24.4. The van der Waals surface area contributed by atoms with E-state index in [0.717, 1.165) is 37.9 Å². The lowest BCUT2D eigenvalue weighted by Gasteiger charge is -2.36. The van der Waals surface area contributed by atoms with E-state index in [1.807, 2.05) is 18.2 Å². The standard InChI is InChI=1S/C26H34BrN7O3S/c1-32(2)20-11-14-33(15-12-20)21-9-7-19(8-10-21)29-26-28-18-22(27)24(31-26)30-23-6-4-5-13-34(25(23)35)16-17-38(3,36)37/h5,7-10,13,18,20H,4,6,11-12,14-17H2,1-3H3,(H,28,29,31). The maximum Gasteiger partial charge on any atom is 0.272 e. The maximum atomic E-state index is 13.0. The quantitative estimate of drug-likeness (QED) is 0.485. The molecule has 38 heavy (non-hydrogen) atoms. The number of hydrogen-bond acceptors (Lipinski definition) is 9. The van der Waals surface area contributed by atoms with Gasteiger partial charge in [0.2, 0.25) is 5.95 Å². The van der Waals surface area contributed by atoms with Crippen LogP contribution < -0.4 is 10.2 Å². The molecule has 0 spiro atoms. The predicted octanol–water partition coefficient (Wildman–Crippen LogP) is 3.77. The van der Waals surface area contributed by atoms with E-state index in [1.165, 1.54) is 10.6 Å². The van der Waals surface area contributed by atoms with Crippen molar-refractivity contribution in [1.82, 2.24) is 19.8 Å². The van der Waals surface area contributed by atoms with Gasteiger partial charge in [-0.15, -0.1) is 0 Å². The molecular formula is C26H34BrN7O3S. The van der Waals surface area contributed by atoms with Gasteiger partial charge in [-0.05, 0) is 80.0 Å². The van der Waals surface area contributed by atoms with Gasteiger partial charge in [-0.2, -0.15) is 4.98 Å². The third-order valence-electron chi connectivity index (χ3n) is 6.69. The van der Waals surface area contributed by atoms with Crippen LogP contribution >= 0.6 is 15.9 Å². The van der Waals surface area contributed by atoms with Crippen LogP contribution in [0, 0.1) is 0 Å². The number of aromatic nitrogens is 2. The molecule has 3 heterocycles. The molecule has 2 aliphatic rings. The molecule has 0 radical (unpaired) electrons. The first kappa shape index (κ1) is 28.2. The number of allylic oxidation sites excluding steroid dienone is 1. The number of sulfone groups is 1. The average molecular weight is 605 g/mol. The van der Waals surface area contributed by atoms with Crippen LogP contribution in [0.15, 0.2) is 52.2 Å². The van der Waals surface area contributed by atoms with E-state index in [4.69, 9.17) is 0 Å². The zero-order valence-electron chi connectivity index (χ0n) is 22.0. The SMILES string of the molecule is CN(C)C1CCN(c2ccc(Nc3ncc(Br)c(N=C4CCC=CN(CCS(C)(=O)=O)C4=O)n3)cc2)CC1. The van der Waals surface area contributed by atoms with Crippen molar-refractivity contribution in [2.75, 3.05) is 56.0 Å². The van der Waals surface area contributed by atoms with Crippen molar-refractivity contribution >= 4 is 60.5 Å². The summed E-state index contributed by atoms with van der Waals surface area (Å²) in [4.78, 5) is 32.5. The van der Waals surface area contributed by atoms with Crippen molar-refractivity contribution in [1.29, 1.82) is 0 Å². The van der Waals surface area contributed by atoms with E-state index in [2.05, 4.69) is 72.2 Å². The summed E-state index contributed by atoms with van der Waals surface area (Å²) in [6, 6.07) is 8.84. The summed E-state index contributed by atoms with van der Waals surface area (Å²) in [5.41, 5.74) is 2.35. The molecule has 1 aromatic carbocycles. The van der Waals surface area contributed by atoms with Crippen LogP contribution in [0.4, 0.5) is 23.1 Å². The minimum Gasteiger partial charge on any atom is -0.371 e. The van der Waals surface area contributed by atoms with Crippen molar-refractivity contribution in [2.45, 2.75) is 31.7 Å². The molecule has 0 aliphatic carbocycles. The summed E-state index contributed by atoms with van der Waals surface area (Å²) in [5.74, 6) is 0.249. The second kappa shape index (κ2) is 12.4. The van der Waals surface area contributed by atoms with Crippen LogP contribution in [0.1, 0.15) is 25.7 Å². The number of anilines is 3. The molecule has 1 fully saturated rings. The van der Waals surface area contributed by atoms with Gasteiger partial charge in [0.05, 0.1) is 10.2 Å². The molecule has 2 aliphatic heterocycles. The molecule has 0 bridgehead atoms. The Bertz CT molecular complexity index is 1300. The second-order valence-corrected chi connectivity index (χ2v) is 12.9. The van der Waals surface area contributed by atoms with E-state index < -0.39 is 9.84 Å². The van der Waals surface area contributed by atoms with Crippen LogP contribution in [-0.2, 0) is 14.6 Å². The van der Waals surface area contributed by atoms with Gasteiger partial charge in [0.15, 0.2) is 5.82 Å². The minimum atomic E-state index is -3.20. The molecule has 1 saturated heterocycles. The number of rotatable bonds is 8. The van der Waals surface area contributed by atoms with Crippen LogP contribution in [0.2, 0.25) is 0 Å². The fraction of sp³-hybridized carbons (Fsp3) is 0.462. The Balaban J connectivity index is 1.44. The third-order valence-corrected chi connectivity index (χ3v) is 8.18. The highest BCUT2D eigenvalue weighted by molar-refractivity contribution is 9.10. The van der Waals surface area contributed by atoms with Gasteiger partial charge in [-0.1, -0.05) is 6.08 Å². The fourth-order valence-corrected chi connectivity index (χ4v) is 5.26. The first-order valence-electron chi connectivity index (χ1n) is 12.6. The molecule has 0 atom stereocenters. The lowest BCUT2D eigenvalue weighted by molar-refractivity contribution is -0.121. The number of amides is 1. The van der Waals surface area contributed by atoms with Crippen molar-refractivity contribution < 1.29 is 13.2 Å². The number of carbonyl (C=O) groups excluding carboxylic acids is 1. The summed E-state index contributed by atoms with van der Waals surface area (Å²) >= 11 is 3.43. The Morgan fingerprint density at radius 2 is 1.89 bits per heavy atom. The zero-order chi connectivity index (χ0) is 27.3. The van der Waals surface area contributed by atoms with Crippen LogP contribution in [0.3, 0.4) is 0 Å². The molecular weight excluding hydrogens is 570 g/mol. The molecule has 0 saturated carbocycles. The molecule has 12 heteroatoms. The van der Waals surface area contributed by atoms with Gasteiger partial charge in [0.1, 0.15) is 15.5 Å². The fourth-order valence-electron chi connectivity index (χ4n) is 4.46. The van der Waals surface area contributed by atoms with Gasteiger partial charge < -0.3 is 20.0 Å². The summed E-state index contributed by atoms with van der Waals surface area (Å²) in [5, 5.41) is 3.22.